The highest BCUT2D eigenvalue weighted by Crippen LogP contribution is 2.16. The molecule has 0 aliphatic heterocycles. The second-order valence-corrected chi connectivity index (χ2v) is 5.93. The lowest BCUT2D eigenvalue weighted by Gasteiger charge is -2.15. The zero-order chi connectivity index (χ0) is 18.6. The lowest BCUT2D eigenvalue weighted by atomic mass is 10.2. The summed E-state index contributed by atoms with van der Waals surface area (Å²) in [5.74, 6) is 0.480. The maximum atomic E-state index is 9.95. The first-order chi connectivity index (χ1) is 12.7. The summed E-state index contributed by atoms with van der Waals surface area (Å²) in [7, 11) is 0. The van der Waals surface area contributed by atoms with Crippen molar-refractivity contribution in [1.29, 1.82) is 5.26 Å². The van der Waals surface area contributed by atoms with Crippen LogP contribution >= 0.6 is 12.2 Å². The van der Waals surface area contributed by atoms with Crippen molar-refractivity contribution < 1.29 is 15.3 Å². The molecule has 0 heterocycles. The molecule has 0 saturated carbocycles. The highest BCUT2D eigenvalue weighted by Gasteiger charge is 2.07. The van der Waals surface area contributed by atoms with Gasteiger partial charge in [0.2, 0.25) is 0 Å². The number of ether oxygens (including phenoxy) is 1. The Morgan fingerprint density at radius 2 is 1.81 bits per heavy atom. The molecule has 0 aliphatic rings. The minimum Gasteiger partial charge on any atom is -0.489 e. The molecule has 2 aromatic rings. The SMILES string of the molecule is N#Cc1ccccc1OCC(O)CNCCNC(=S)Nc1ccccc1.O. The molecule has 0 aliphatic carbocycles. The van der Waals surface area contributed by atoms with Crippen molar-refractivity contribution >= 4 is 23.0 Å². The van der Waals surface area contributed by atoms with E-state index >= 15 is 0 Å². The summed E-state index contributed by atoms with van der Waals surface area (Å²) in [5, 5.41) is 28.8. The van der Waals surface area contributed by atoms with Crippen LogP contribution in [-0.2, 0) is 0 Å². The van der Waals surface area contributed by atoms with Crippen molar-refractivity contribution in [2.45, 2.75) is 6.10 Å². The van der Waals surface area contributed by atoms with E-state index in [9.17, 15) is 5.11 Å². The molecule has 1 unspecified atom stereocenters. The molecule has 0 bridgehead atoms. The summed E-state index contributed by atoms with van der Waals surface area (Å²) < 4.78 is 5.49. The van der Waals surface area contributed by atoms with Gasteiger partial charge in [-0.2, -0.15) is 5.26 Å². The Balaban J connectivity index is 0.00000364. The van der Waals surface area contributed by atoms with Gasteiger partial charge in [0.05, 0.1) is 5.56 Å². The first kappa shape index (κ1) is 22.3. The fourth-order valence-electron chi connectivity index (χ4n) is 2.16. The number of anilines is 1. The van der Waals surface area contributed by atoms with E-state index in [1.807, 2.05) is 30.3 Å². The van der Waals surface area contributed by atoms with Crippen LogP contribution in [0.4, 0.5) is 5.69 Å². The standard InChI is InChI=1S/C19H22N4O2S.H2O/c20-12-15-6-4-5-9-18(15)25-14-17(24)13-21-10-11-22-19(26)23-16-7-2-1-3-8-16;/h1-9,17,21,24H,10-11,13-14H2,(H2,22,23,26);1H2. The van der Waals surface area contributed by atoms with Crippen LogP contribution in [-0.4, -0.2) is 48.0 Å². The number of aliphatic hydroxyl groups excluding tert-OH is 1. The Kier molecular flexibility index (Phi) is 10.4. The average molecular weight is 388 g/mol. The summed E-state index contributed by atoms with van der Waals surface area (Å²) in [4.78, 5) is 0. The van der Waals surface area contributed by atoms with Crippen LogP contribution in [0.25, 0.3) is 0 Å². The van der Waals surface area contributed by atoms with Gasteiger partial charge in [-0.25, -0.2) is 0 Å². The number of nitrogens with one attached hydrogen (secondary N) is 3. The molecule has 2 rings (SSSR count). The Bertz CT molecular complexity index is 737. The van der Waals surface area contributed by atoms with Crippen molar-refractivity contribution in [2.75, 3.05) is 31.6 Å². The maximum Gasteiger partial charge on any atom is 0.170 e. The van der Waals surface area contributed by atoms with Gasteiger partial charge in [0, 0.05) is 25.3 Å². The molecule has 0 amide bonds. The molecule has 27 heavy (non-hydrogen) atoms. The molecule has 144 valence electrons. The van der Waals surface area contributed by atoms with E-state index in [1.54, 1.807) is 24.3 Å². The lowest BCUT2D eigenvalue weighted by Crippen LogP contribution is -2.38. The second-order valence-electron chi connectivity index (χ2n) is 5.52. The molecular formula is C19H24N4O3S. The van der Waals surface area contributed by atoms with Crippen LogP contribution < -0.4 is 20.7 Å². The van der Waals surface area contributed by atoms with E-state index < -0.39 is 6.10 Å². The van der Waals surface area contributed by atoms with Crippen molar-refractivity contribution in [1.82, 2.24) is 10.6 Å². The number of hydrogen-bond donors (Lipinski definition) is 4. The first-order valence-electron chi connectivity index (χ1n) is 8.29. The van der Waals surface area contributed by atoms with Crippen LogP contribution in [0.15, 0.2) is 54.6 Å². The third-order valence-electron chi connectivity index (χ3n) is 3.44. The number of thiocarbonyl (C=S) groups is 1. The van der Waals surface area contributed by atoms with E-state index in [4.69, 9.17) is 22.2 Å². The molecule has 0 saturated heterocycles. The van der Waals surface area contributed by atoms with E-state index in [0.717, 1.165) is 5.69 Å². The molecule has 0 spiro atoms. The molecule has 2 aromatic carbocycles. The monoisotopic (exact) mass is 388 g/mol. The summed E-state index contributed by atoms with van der Waals surface area (Å²) in [6, 6.07) is 18.7. The molecule has 6 N–H and O–H groups in total. The van der Waals surface area contributed by atoms with Gasteiger partial charge in [0.1, 0.15) is 24.5 Å². The molecule has 1 atom stereocenters. The fourth-order valence-corrected chi connectivity index (χ4v) is 2.38. The van der Waals surface area contributed by atoms with Crippen LogP contribution in [0, 0.1) is 11.3 Å². The Morgan fingerprint density at radius 3 is 2.56 bits per heavy atom. The molecular weight excluding hydrogens is 364 g/mol. The molecule has 0 radical (unpaired) electrons. The number of nitrogens with zero attached hydrogens (tertiary/aromatic N) is 1. The summed E-state index contributed by atoms with van der Waals surface area (Å²) in [6.45, 7) is 1.77. The summed E-state index contributed by atoms with van der Waals surface area (Å²) >= 11 is 5.21. The number of benzene rings is 2. The smallest absolute Gasteiger partial charge is 0.170 e. The normalized spacial score (nSPS) is 10.8. The summed E-state index contributed by atoms with van der Waals surface area (Å²) in [6.07, 6.45) is -0.670. The Hall–Kier alpha value is -2.70. The van der Waals surface area contributed by atoms with E-state index in [0.29, 0.717) is 36.1 Å². The Morgan fingerprint density at radius 1 is 1.11 bits per heavy atom. The van der Waals surface area contributed by atoms with Crippen molar-refractivity contribution in [3.63, 3.8) is 0 Å². The number of para-hydroxylation sites is 2. The van der Waals surface area contributed by atoms with Gasteiger partial charge in [-0.05, 0) is 36.5 Å². The van der Waals surface area contributed by atoms with E-state index in [-0.39, 0.29) is 12.1 Å². The lowest BCUT2D eigenvalue weighted by molar-refractivity contribution is 0.106. The molecule has 7 nitrogen and oxygen atoms in total. The zero-order valence-electron chi connectivity index (χ0n) is 14.8. The first-order valence-corrected chi connectivity index (χ1v) is 8.70. The van der Waals surface area contributed by atoms with Gasteiger partial charge in [-0.15, -0.1) is 0 Å². The number of nitriles is 1. The molecule has 0 aromatic heterocycles. The van der Waals surface area contributed by atoms with Crippen LogP contribution in [0.2, 0.25) is 0 Å². The van der Waals surface area contributed by atoms with Crippen molar-refractivity contribution in [3.8, 4) is 11.8 Å². The van der Waals surface area contributed by atoms with E-state index in [1.165, 1.54) is 0 Å². The quantitative estimate of drug-likeness (QED) is 0.374. The average Bonchev–Trinajstić information content (AvgIpc) is 2.67. The van der Waals surface area contributed by atoms with Gasteiger partial charge in [0.25, 0.3) is 0 Å². The van der Waals surface area contributed by atoms with Crippen molar-refractivity contribution in [2.24, 2.45) is 0 Å². The minimum atomic E-state index is -0.670. The highest BCUT2D eigenvalue weighted by atomic mass is 32.1. The topological polar surface area (TPSA) is 121 Å². The second kappa shape index (κ2) is 12.6. The van der Waals surface area contributed by atoms with Crippen LogP contribution in [0.1, 0.15) is 5.56 Å². The number of rotatable bonds is 9. The predicted molar refractivity (Wildman–Crippen MR) is 110 cm³/mol. The fraction of sp³-hybridized carbons (Fsp3) is 0.263. The third-order valence-corrected chi connectivity index (χ3v) is 3.68. The third kappa shape index (κ3) is 8.48. The predicted octanol–water partition coefficient (Wildman–Crippen LogP) is 1.05. The number of aliphatic hydroxyl groups is 1. The van der Waals surface area contributed by atoms with Gasteiger partial charge in [-0.3, -0.25) is 0 Å². The largest absolute Gasteiger partial charge is 0.489 e. The highest BCUT2D eigenvalue weighted by molar-refractivity contribution is 7.80. The van der Waals surface area contributed by atoms with Gasteiger partial charge < -0.3 is 31.3 Å². The summed E-state index contributed by atoms with van der Waals surface area (Å²) in [5.41, 5.74) is 1.39. The van der Waals surface area contributed by atoms with Crippen molar-refractivity contribution in [3.05, 3.63) is 60.2 Å². The van der Waals surface area contributed by atoms with Gasteiger partial charge in [-0.1, -0.05) is 30.3 Å². The maximum absolute atomic E-state index is 9.95. The minimum absolute atomic E-state index is 0. The van der Waals surface area contributed by atoms with Gasteiger partial charge in [0.15, 0.2) is 5.11 Å². The molecule has 0 fully saturated rings. The van der Waals surface area contributed by atoms with Gasteiger partial charge >= 0.3 is 0 Å². The zero-order valence-corrected chi connectivity index (χ0v) is 15.6. The van der Waals surface area contributed by atoms with Crippen LogP contribution in [0.5, 0.6) is 5.75 Å². The Labute approximate surface area is 164 Å². The number of hydrogen-bond acceptors (Lipinski definition) is 5. The van der Waals surface area contributed by atoms with Crippen LogP contribution in [0.3, 0.4) is 0 Å². The van der Waals surface area contributed by atoms with E-state index in [2.05, 4.69) is 22.0 Å². The molecule has 8 heteroatoms.